The van der Waals surface area contributed by atoms with Crippen LogP contribution in [0, 0.1) is 5.92 Å². The average molecular weight is 519 g/mol. The molecule has 0 unspecified atom stereocenters. The fourth-order valence-electron chi connectivity index (χ4n) is 3.24. The number of hydrogen-bond acceptors (Lipinski definition) is 4. The lowest BCUT2D eigenvalue weighted by Crippen LogP contribution is -2.46. The van der Waals surface area contributed by atoms with E-state index in [2.05, 4.69) is 41.2 Å². The third-order valence-corrected chi connectivity index (χ3v) is 4.78. The first-order valence-corrected chi connectivity index (χ1v) is 10.4. The van der Waals surface area contributed by atoms with Gasteiger partial charge in [0.2, 0.25) is 0 Å². The molecule has 0 atom stereocenters. The van der Waals surface area contributed by atoms with Crippen LogP contribution < -0.4 is 10.1 Å². The molecule has 29 heavy (non-hydrogen) atoms. The van der Waals surface area contributed by atoms with Crippen LogP contribution in [0.15, 0.2) is 29.3 Å². The van der Waals surface area contributed by atoms with Crippen molar-refractivity contribution in [2.75, 3.05) is 47.1 Å². The molecule has 0 radical (unpaired) electrons. The maximum Gasteiger partial charge on any atom is 0.193 e. The first-order valence-electron chi connectivity index (χ1n) is 10.4. The fourth-order valence-corrected chi connectivity index (χ4v) is 3.24. The Hall–Kier alpha value is -1.06. The highest BCUT2D eigenvalue weighted by atomic mass is 127. The molecule has 2 rings (SSSR count). The van der Waals surface area contributed by atoms with Gasteiger partial charge in [-0.2, -0.15) is 0 Å². The monoisotopic (exact) mass is 519 g/mol. The zero-order valence-electron chi connectivity index (χ0n) is 18.4. The van der Waals surface area contributed by atoms with E-state index in [0.29, 0.717) is 18.6 Å². The maximum absolute atomic E-state index is 5.96. The second-order valence-corrected chi connectivity index (χ2v) is 7.62. The van der Waals surface area contributed by atoms with Gasteiger partial charge in [-0.05, 0) is 31.2 Å². The summed E-state index contributed by atoms with van der Waals surface area (Å²) < 4.78 is 17.0. The highest BCUT2D eigenvalue weighted by Gasteiger charge is 2.22. The predicted octanol–water partition coefficient (Wildman–Crippen LogP) is 3.93. The van der Waals surface area contributed by atoms with E-state index in [4.69, 9.17) is 14.2 Å². The van der Waals surface area contributed by atoms with Crippen LogP contribution >= 0.6 is 24.0 Å². The van der Waals surface area contributed by atoms with Crippen molar-refractivity contribution in [3.05, 3.63) is 29.8 Å². The molecule has 1 saturated heterocycles. The molecule has 0 saturated carbocycles. The molecule has 7 heteroatoms. The number of ether oxygens (including phenoxy) is 3. The van der Waals surface area contributed by atoms with Gasteiger partial charge in [-0.15, -0.1) is 24.0 Å². The molecule has 0 bridgehead atoms. The summed E-state index contributed by atoms with van der Waals surface area (Å²) in [6.07, 6.45) is 3.36. The number of benzene rings is 1. The SMILES string of the molecule is CN=C(NCc1ccccc1OCC(C)C)N1CCC(OCCCOC)CC1.I. The average Bonchev–Trinajstić information content (AvgIpc) is 2.71. The standard InChI is InChI=1S/C22H37N3O3.HI/c1-18(2)17-28-21-9-6-5-8-19(21)16-24-22(23-3)25-12-10-20(11-13-25)27-15-7-14-26-4;/h5-6,8-9,18,20H,7,10-17H2,1-4H3,(H,23,24);1H. The normalized spacial score (nSPS) is 15.3. The number of nitrogens with zero attached hydrogens (tertiary/aromatic N) is 2. The van der Waals surface area contributed by atoms with Gasteiger partial charge in [0.1, 0.15) is 5.75 Å². The van der Waals surface area contributed by atoms with Crippen LogP contribution in [0.2, 0.25) is 0 Å². The zero-order chi connectivity index (χ0) is 20.2. The molecule has 6 nitrogen and oxygen atoms in total. The fraction of sp³-hybridized carbons (Fsp3) is 0.682. The molecule has 1 aromatic rings. The molecule has 0 spiro atoms. The molecule has 0 aromatic heterocycles. The van der Waals surface area contributed by atoms with Crippen molar-refractivity contribution >= 4 is 29.9 Å². The van der Waals surface area contributed by atoms with E-state index in [-0.39, 0.29) is 24.0 Å². The Morgan fingerprint density at radius 1 is 1.21 bits per heavy atom. The molecule has 1 N–H and O–H groups in total. The summed E-state index contributed by atoms with van der Waals surface area (Å²) in [4.78, 5) is 6.79. The van der Waals surface area contributed by atoms with Crippen molar-refractivity contribution in [1.82, 2.24) is 10.2 Å². The topological polar surface area (TPSA) is 55.3 Å². The summed E-state index contributed by atoms with van der Waals surface area (Å²) in [6, 6.07) is 8.21. The third-order valence-electron chi connectivity index (χ3n) is 4.78. The Labute approximate surface area is 193 Å². The Balaban J connectivity index is 0.00000420. The number of rotatable bonds is 10. The lowest BCUT2D eigenvalue weighted by Gasteiger charge is -2.34. The van der Waals surface area contributed by atoms with E-state index in [1.165, 1.54) is 0 Å². The van der Waals surface area contributed by atoms with Crippen molar-refractivity contribution in [2.24, 2.45) is 10.9 Å². The predicted molar refractivity (Wildman–Crippen MR) is 129 cm³/mol. The van der Waals surface area contributed by atoms with Gasteiger partial charge in [-0.3, -0.25) is 4.99 Å². The second kappa shape index (κ2) is 14.8. The van der Waals surface area contributed by atoms with E-state index in [1.807, 2.05) is 19.2 Å². The van der Waals surface area contributed by atoms with Gasteiger partial charge in [-0.25, -0.2) is 0 Å². The van der Waals surface area contributed by atoms with E-state index < -0.39 is 0 Å². The highest BCUT2D eigenvalue weighted by Crippen LogP contribution is 2.19. The maximum atomic E-state index is 5.96. The van der Waals surface area contributed by atoms with E-state index in [1.54, 1.807) is 7.11 Å². The first kappa shape index (κ1) is 26.0. The molecule has 1 heterocycles. The van der Waals surface area contributed by atoms with Gasteiger partial charge in [0.05, 0.1) is 12.7 Å². The summed E-state index contributed by atoms with van der Waals surface area (Å²) in [6.45, 7) is 9.20. The van der Waals surface area contributed by atoms with Crippen molar-refractivity contribution in [3.8, 4) is 5.75 Å². The Kier molecular flexibility index (Phi) is 13.3. The molecule has 166 valence electrons. The second-order valence-electron chi connectivity index (χ2n) is 7.62. The number of aliphatic imine (C=N–C) groups is 1. The van der Waals surface area contributed by atoms with Crippen molar-refractivity contribution < 1.29 is 14.2 Å². The summed E-state index contributed by atoms with van der Waals surface area (Å²) in [5.74, 6) is 2.39. The number of para-hydroxylation sites is 1. The molecule has 1 aliphatic rings. The molecule has 0 amide bonds. The van der Waals surface area contributed by atoms with Gasteiger partial charge in [0.15, 0.2) is 5.96 Å². The molecular formula is C22H38IN3O3. The Morgan fingerprint density at radius 3 is 2.59 bits per heavy atom. The van der Waals surface area contributed by atoms with Crippen LogP contribution in [-0.4, -0.2) is 64.0 Å². The lowest BCUT2D eigenvalue weighted by atomic mass is 10.1. The minimum atomic E-state index is 0. The number of guanidine groups is 1. The number of hydrogen-bond donors (Lipinski definition) is 1. The quantitative estimate of drug-likeness (QED) is 0.220. The molecule has 0 aliphatic carbocycles. The van der Waals surface area contributed by atoms with Crippen LogP contribution in [0.1, 0.15) is 38.7 Å². The van der Waals surface area contributed by atoms with Crippen molar-refractivity contribution in [1.29, 1.82) is 0 Å². The van der Waals surface area contributed by atoms with Gasteiger partial charge in [0, 0.05) is 52.6 Å². The highest BCUT2D eigenvalue weighted by molar-refractivity contribution is 14.0. The Morgan fingerprint density at radius 2 is 1.93 bits per heavy atom. The molecule has 1 aromatic carbocycles. The molecule has 1 fully saturated rings. The summed E-state index contributed by atoms with van der Waals surface area (Å²) >= 11 is 0. The van der Waals surface area contributed by atoms with E-state index in [0.717, 1.165) is 69.4 Å². The summed E-state index contributed by atoms with van der Waals surface area (Å²) in [7, 11) is 3.57. The number of halogens is 1. The minimum Gasteiger partial charge on any atom is -0.493 e. The van der Waals surface area contributed by atoms with Crippen molar-refractivity contribution in [2.45, 2.75) is 45.8 Å². The zero-order valence-corrected chi connectivity index (χ0v) is 20.7. The van der Waals surface area contributed by atoms with Crippen LogP contribution in [0.4, 0.5) is 0 Å². The molecule has 1 aliphatic heterocycles. The van der Waals surface area contributed by atoms with Crippen LogP contribution in [0.5, 0.6) is 5.75 Å². The number of piperidine rings is 1. The number of nitrogens with one attached hydrogen (secondary N) is 1. The van der Waals surface area contributed by atoms with Crippen LogP contribution in [0.25, 0.3) is 0 Å². The van der Waals surface area contributed by atoms with Crippen LogP contribution in [-0.2, 0) is 16.0 Å². The first-order chi connectivity index (χ1) is 13.6. The van der Waals surface area contributed by atoms with E-state index >= 15 is 0 Å². The lowest BCUT2D eigenvalue weighted by molar-refractivity contribution is 0.00989. The number of methoxy groups -OCH3 is 1. The van der Waals surface area contributed by atoms with Gasteiger partial charge in [0.25, 0.3) is 0 Å². The van der Waals surface area contributed by atoms with E-state index in [9.17, 15) is 0 Å². The third kappa shape index (κ3) is 9.53. The van der Waals surface area contributed by atoms with Gasteiger partial charge < -0.3 is 24.4 Å². The summed E-state index contributed by atoms with van der Waals surface area (Å²) in [5, 5.41) is 3.50. The van der Waals surface area contributed by atoms with Crippen LogP contribution in [0.3, 0.4) is 0 Å². The Bertz CT molecular complexity index is 590. The van der Waals surface area contributed by atoms with Gasteiger partial charge >= 0.3 is 0 Å². The van der Waals surface area contributed by atoms with Gasteiger partial charge in [-0.1, -0.05) is 32.0 Å². The minimum absolute atomic E-state index is 0. The largest absolute Gasteiger partial charge is 0.493 e. The smallest absolute Gasteiger partial charge is 0.193 e. The van der Waals surface area contributed by atoms with Crippen molar-refractivity contribution in [3.63, 3.8) is 0 Å². The summed E-state index contributed by atoms with van der Waals surface area (Å²) in [5.41, 5.74) is 1.15. The number of likely N-dealkylation sites (tertiary alicyclic amines) is 1. The molecular weight excluding hydrogens is 481 g/mol.